The van der Waals surface area contributed by atoms with Crippen molar-refractivity contribution in [2.45, 2.75) is 29.4 Å². The molecule has 0 spiro atoms. The maximum absolute atomic E-state index is 2.33. The number of hydrogen-bond donors (Lipinski definition) is 0. The Morgan fingerprint density at radius 1 is 0.692 bits per heavy atom. The van der Waals surface area contributed by atoms with Crippen LogP contribution in [0.3, 0.4) is 0 Å². The molecule has 0 N–H and O–H groups in total. The van der Waals surface area contributed by atoms with Crippen molar-refractivity contribution >= 4 is 30.3 Å². The lowest BCUT2D eigenvalue weighted by Crippen LogP contribution is -2.21. The van der Waals surface area contributed by atoms with E-state index in [1.165, 1.54) is 40.9 Å². The van der Waals surface area contributed by atoms with Gasteiger partial charge in [0.05, 0.1) is 0 Å². The molecular weight excluding hydrogens is 351 g/mol. The first-order valence-electron chi connectivity index (χ1n) is 9.49. The van der Waals surface area contributed by atoms with Crippen molar-refractivity contribution in [3.05, 3.63) is 91.0 Å². The summed E-state index contributed by atoms with van der Waals surface area (Å²) in [4.78, 5) is 1.42. The smallest absolute Gasteiger partial charge is 0.0126 e. The highest BCUT2D eigenvalue weighted by Crippen LogP contribution is 2.45. The third kappa shape index (κ3) is 4.40. The van der Waals surface area contributed by atoms with Crippen LogP contribution in [0.5, 0.6) is 0 Å². The van der Waals surface area contributed by atoms with Gasteiger partial charge in [0.1, 0.15) is 0 Å². The number of rotatable bonds is 6. The van der Waals surface area contributed by atoms with Gasteiger partial charge < -0.3 is 0 Å². The fourth-order valence-corrected chi connectivity index (χ4v) is 8.06. The molecule has 0 amide bonds. The minimum Gasteiger partial charge on any atom is -0.122 e. The summed E-state index contributed by atoms with van der Waals surface area (Å²) in [5.41, 5.74) is 0. The molecule has 26 heavy (non-hydrogen) atoms. The molecule has 3 aromatic rings. The van der Waals surface area contributed by atoms with Crippen LogP contribution >= 0.6 is 19.7 Å². The van der Waals surface area contributed by atoms with Gasteiger partial charge in [-0.25, -0.2) is 0 Å². The van der Waals surface area contributed by atoms with Crippen LogP contribution in [0.1, 0.15) is 19.3 Å². The molecule has 0 heterocycles. The molecule has 4 rings (SSSR count). The van der Waals surface area contributed by atoms with E-state index in [1.807, 2.05) is 0 Å². The average Bonchev–Trinajstić information content (AvgIpc) is 3.15. The molecule has 0 saturated heterocycles. The molecule has 0 aliphatic heterocycles. The summed E-state index contributed by atoms with van der Waals surface area (Å²) in [6, 6.07) is 33.3. The van der Waals surface area contributed by atoms with Crippen molar-refractivity contribution in [3.63, 3.8) is 0 Å². The van der Waals surface area contributed by atoms with Gasteiger partial charge in [-0.15, -0.1) is 11.8 Å². The van der Waals surface area contributed by atoms with Gasteiger partial charge in [-0.05, 0) is 55.6 Å². The van der Waals surface area contributed by atoms with Crippen LogP contribution in [-0.4, -0.2) is 11.4 Å². The fourth-order valence-electron chi connectivity index (χ4n) is 3.85. The van der Waals surface area contributed by atoms with Crippen LogP contribution in [0.15, 0.2) is 95.9 Å². The minimum absolute atomic E-state index is 0.276. The minimum atomic E-state index is -0.276. The molecule has 2 atom stereocenters. The van der Waals surface area contributed by atoms with Crippen molar-refractivity contribution in [1.82, 2.24) is 0 Å². The SMILES string of the molecule is c1ccc(S[C@@H]2CCC[C@@H]2CP(c2ccccc2)c2ccccc2)cc1. The molecule has 3 aromatic carbocycles. The van der Waals surface area contributed by atoms with Gasteiger partial charge in [0.25, 0.3) is 0 Å². The van der Waals surface area contributed by atoms with Gasteiger partial charge in [-0.2, -0.15) is 0 Å². The van der Waals surface area contributed by atoms with E-state index in [4.69, 9.17) is 0 Å². The lowest BCUT2D eigenvalue weighted by Gasteiger charge is -2.26. The first-order valence-corrected chi connectivity index (χ1v) is 11.9. The summed E-state index contributed by atoms with van der Waals surface area (Å²) in [6.07, 6.45) is 5.43. The highest BCUT2D eigenvalue weighted by molar-refractivity contribution is 8.00. The van der Waals surface area contributed by atoms with Crippen molar-refractivity contribution in [1.29, 1.82) is 0 Å². The normalized spacial score (nSPS) is 19.7. The molecule has 0 radical (unpaired) electrons. The number of hydrogen-bond acceptors (Lipinski definition) is 1. The maximum Gasteiger partial charge on any atom is 0.0126 e. The Hall–Kier alpha value is -1.56. The van der Waals surface area contributed by atoms with Gasteiger partial charge in [0, 0.05) is 10.1 Å². The van der Waals surface area contributed by atoms with Crippen LogP contribution in [0.2, 0.25) is 0 Å². The summed E-state index contributed by atoms with van der Waals surface area (Å²) in [5.74, 6) is 0.812. The summed E-state index contributed by atoms with van der Waals surface area (Å²) in [6.45, 7) is 0. The molecule has 1 saturated carbocycles. The fraction of sp³-hybridized carbons (Fsp3) is 0.250. The second-order valence-corrected chi connectivity index (χ2v) is 10.5. The first kappa shape index (κ1) is 17.8. The molecule has 0 nitrogen and oxygen atoms in total. The predicted molar refractivity (Wildman–Crippen MR) is 117 cm³/mol. The van der Waals surface area contributed by atoms with Crippen LogP contribution in [-0.2, 0) is 0 Å². The average molecular weight is 377 g/mol. The van der Waals surface area contributed by atoms with E-state index in [9.17, 15) is 0 Å². The molecule has 1 fully saturated rings. The van der Waals surface area contributed by atoms with Gasteiger partial charge >= 0.3 is 0 Å². The molecule has 132 valence electrons. The van der Waals surface area contributed by atoms with E-state index in [1.54, 1.807) is 0 Å². The Kier molecular flexibility index (Phi) is 6.10. The zero-order valence-corrected chi connectivity index (χ0v) is 16.7. The van der Waals surface area contributed by atoms with Crippen LogP contribution in [0.25, 0.3) is 0 Å². The Balaban J connectivity index is 1.55. The second-order valence-electron chi connectivity index (χ2n) is 6.94. The largest absolute Gasteiger partial charge is 0.122 e. The van der Waals surface area contributed by atoms with Crippen molar-refractivity contribution in [2.24, 2.45) is 5.92 Å². The second kappa shape index (κ2) is 8.89. The van der Waals surface area contributed by atoms with Gasteiger partial charge in [-0.1, -0.05) is 85.3 Å². The predicted octanol–water partition coefficient (Wildman–Crippen LogP) is 6.08. The van der Waals surface area contributed by atoms with Crippen molar-refractivity contribution in [3.8, 4) is 0 Å². The Labute approximate surface area is 162 Å². The standard InChI is InChI=1S/C24H25PS/c1-4-12-21(13-5-1)25(22-14-6-2-7-15-22)19-20-11-10-18-24(20)26-23-16-8-3-9-17-23/h1-9,12-17,20,24H,10-11,18-19H2/t20-,24-/m1/s1. The van der Waals surface area contributed by atoms with Crippen LogP contribution < -0.4 is 10.6 Å². The van der Waals surface area contributed by atoms with Crippen LogP contribution in [0, 0.1) is 5.92 Å². The van der Waals surface area contributed by atoms with E-state index in [0.29, 0.717) is 0 Å². The summed E-state index contributed by atoms with van der Waals surface area (Å²) in [5, 5.41) is 3.79. The molecule has 1 aliphatic rings. The zero-order valence-electron chi connectivity index (χ0n) is 15.0. The number of benzene rings is 3. The Morgan fingerprint density at radius 3 is 1.81 bits per heavy atom. The molecule has 0 unspecified atom stereocenters. The Morgan fingerprint density at radius 2 is 1.23 bits per heavy atom. The molecule has 0 bridgehead atoms. The summed E-state index contributed by atoms with van der Waals surface area (Å²) in [7, 11) is -0.276. The van der Waals surface area contributed by atoms with Crippen molar-refractivity contribution < 1.29 is 0 Å². The zero-order chi connectivity index (χ0) is 17.6. The lowest BCUT2D eigenvalue weighted by molar-refractivity contribution is 0.633. The van der Waals surface area contributed by atoms with E-state index in [0.717, 1.165) is 11.2 Å². The molecule has 1 aliphatic carbocycles. The quantitative estimate of drug-likeness (QED) is 0.470. The Bertz CT molecular complexity index is 749. The van der Waals surface area contributed by atoms with Gasteiger partial charge in [-0.3, -0.25) is 0 Å². The highest BCUT2D eigenvalue weighted by Gasteiger charge is 2.31. The first-order chi connectivity index (χ1) is 12.9. The van der Waals surface area contributed by atoms with E-state index in [-0.39, 0.29) is 7.92 Å². The van der Waals surface area contributed by atoms with Gasteiger partial charge in [0.2, 0.25) is 0 Å². The summed E-state index contributed by atoms with van der Waals surface area (Å²) < 4.78 is 0. The van der Waals surface area contributed by atoms with E-state index >= 15 is 0 Å². The van der Waals surface area contributed by atoms with Crippen molar-refractivity contribution in [2.75, 3.05) is 6.16 Å². The third-order valence-corrected chi connectivity index (χ3v) is 9.32. The van der Waals surface area contributed by atoms with E-state index < -0.39 is 0 Å². The lowest BCUT2D eigenvalue weighted by atomic mass is 10.1. The number of thioether (sulfide) groups is 1. The highest BCUT2D eigenvalue weighted by atomic mass is 32.2. The van der Waals surface area contributed by atoms with E-state index in [2.05, 4.69) is 103 Å². The molecule has 0 aromatic heterocycles. The topological polar surface area (TPSA) is 0 Å². The van der Waals surface area contributed by atoms with Crippen LogP contribution in [0.4, 0.5) is 0 Å². The third-order valence-electron chi connectivity index (χ3n) is 5.17. The monoisotopic (exact) mass is 376 g/mol. The maximum atomic E-state index is 2.33. The summed E-state index contributed by atoms with van der Waals surface area (Å²) >= 11 is 2.10. The molecular formula is C24H25PS. The van der Waals surface area contributed by atoms with Gasteiger partial charge in [0.15, 0.2) is 0 Å². The molecule has 2 heteroatoms.